The molecule has 5 atom stereocenters. The van der Waals surface area contributed by atoms with Gasteiger partial charge in [0.2, 0.25) is 17.7 Å². The Bertz CT molecular complexity index is 1630. The normalized spacial score (nSPS) is 18.0. The SMILES string of the molecule is CC(C)[C@H](NC(=O)[C@@H](N)C(C)(C)C)/C(F)=C/[C@@H](Cc1ccccc1)C(=O)N1CCC[C@H]1C(=O)N[C@@H](Cc1c[nH]c2ccccc12)C(=O)O. The maximum Gasteiger partial charge on any atom is 0.326 e. The molecule has 1 aliphatic heterocycles. The highest BCUT2D eigenvalue weighted by molar-refractivity contribution is 5.92. The lowest BCUT2D eigenvalue weighted by atomic mass is 9.86. The van der Waals surface area contributed by atoms with Crippen molar-refractivity contribution in [1.82, 2.24) is 20.5 Å². The highest BCUT2D eigenvalue weighted by Gasteiger charge is 2.39. The summed E-state index contributed by atoms with van der Waals surface area (Å²) in [5.41, 5.74) is 8.00. The number of likely N-dealkylation sites (tertiary alicyclic amines) is 1. The number of hydrogen-bond donors (Lipinski definition) is 5. The summed E-state index contributed by atoms with van der Waals surface area (Å²) in [5.74, 6) is -4.71. The Morgan fingerprint density at radius 2 is 1.71 bits per heavy atom. The number of carbonyl (C=O) groups is 4. The monoisotopic (exact) mass is 661 g/mol. The molecule has 6 N–H and O–H groups in total. The van der Waals surface area contributed by atoms with Gasteiger partial charge in [0, 0.05) is 30.1 Å². The van der Waals surface area contributed by atoms with E-state index in [0.717, 1.165) is 22.0 Å². The predicted octanol–water partition coefficient (Wildman–Crippen LogP) is 4.50. The van der Waals surface area contributed by atoms with Gasteiger partial charge in [0.15, 0.2) is 0 Å². The molecule has 258 valence electrons. The topological polar surface area (TPSA) is 158 Å². The number of benzene rings is 2. The number of fused-ring (bicyclic) bond motifs is 1. The Labute approximate surface area is 281 Å². The molecule has 0 aliphatic carbocycles. The maximum absolute atomic E-state index is 16.1. The molecule has 10 nitrogen and oxygen atoms in total. The molecule has 48 heavy (non-hydrogen) atoms. The van der Waals surface area contributed by atoms with Crippen molar-refractivity contribution < 1.29 is 28.7 Å². The van der Waals surface area contributed by atoms with E-state index in [-0.39, 0.29) is 25.3 Å². The first-order valence-electron chi connectivity index (χ1n) is 16.5. The van der Waals surface area contributed by atoms with Gasteiger partial charge in [-0.25, -0.2) is 9.18 Å². The zero-order valence-corrected chi connectivity index (χ0v) is 28.3. The molecular formula is C37H48FN5O5. The van der Waals surface area contributed by atoms with Crippen molar-refractivity contribution in [2.75, 3.05) is 6.54 Å². The number of H-pyrrole nitrogens is 1. The van der Waals surface area contributed by atoms with Crippen molar-refractivity contribution >= 4 is 34.6 Å². The number of aliphatic carboxylic acids is 1. The lowest BCUT2D eigenvalue weighted by molar-refractivity contribution is -0.144. The molecule has 4 rings (SSSR count). The Morgan fingerprint density at radius 1 is 1.04 bits per heavy atom. The summed E-state index contributed by atoms with van der Waals surface area (Å²) in [6, 6.07) is 12.7. The van der Waals surface area contributed by atoms with Gasteiger partial charge in [-0.1, -0.05) is 83.1 Å². The first-order chi connectivity index (χ1) is 22.7. The van der Waals surface area contributed by atoms with Crippen LogP contribution in [-0.4, -0.2) is 69.4 Å². The van der Waals surface area contributed by atoms with Gasteiger partial charge in [-0.3, -0.25) is 14.4 Å². The Kier molecular flexibility index (Phi) is 11.8. The van der Waals surface area contributed by atoms with E-state index in [2.05, 4.69) is 15.6 Å². The van der Waals surface area contributed by atoms with Gasteiger partial charge in [-0.15, -0.1) is 0 Å². The van der Waals surface area contributed by atoms with Crippen molar-refractivity contribution in [1.29, 1.82) is 0 Å². The van der Waals surface area contributed by atoms with Crippen LogP contribution in [0.5, 0.6) is 0 Å². The van der Waals surface area contributed by atoms with Crippen molar-refractivity contribution in [2.24, 2.45) is 23.0 Å². The molecule has 1 aliphatic rings. The van der Waals surface area contributed by atoms with E-state index >= 15 is 4.39 Å². The van der Waals surface area contributed by atoms with Crippen LogP contribution in [0.4, 0.5) is 4.39 Å². The molecule has 1 saturated heterocycles. The molecule has 1 aromatic heterocycles. The van der Waals surface area contributed by atoms with Crippen LogP contribution in [0.25, 0.3) is 10.9 Å². The molecule has 3 amide bonds. The number of carboxylic acids is 1. The summed E-state index contributed by atoms with van der Waals surface area (Å²) in [5, 5.41) is 16.3. The number of amides is 3. The average molecular weight is 662 g/mol. The Hall–Kier alpha value is -4.51. The first kappa shape index (κ1) is 36.3. The van der Waals surface area contributed by atoms with E-state index in [1.54, 1.807) is 20.0 Å². The summed E-state index contributed by atoms with van der Waals surface area (Å²) in [6.45, 7) is 9.28. The van der Waals surface area contributed by atoms with Crippen LogP contribution in [0.15, 0.2) is 72.7 Å². The minimum atomic E-state index is -1.22. The zero-order valence-electron chi connectivity index (χ0n) is 28.3. The zero-order chi connectivity index (χ0) is 35.2. The van der Waals surface area contributed by atoms with Crippen molar-refractivity contribution in [3.63, 3.8) is 0 Å². The quantitative estimate of drug-likeness (QED) is 0.182. The van der Waals surface area contributed by atoms with Crippen LogP contribution in [0.2, 0.25) is 0 Å². The van der Waals surface area contributed by atoms with E-state index in [9.17, 15) is 24.3 Å². The number of halogens is 1. The predicted molar refractivity (Wildman–Crippen MR) is 183 cm³/mol. The van der Waals surface area contributed by atoms with Gasteiger partial charge < -0.3 is 31.4 Å². The summed E-state index contributed by atoms with van der Waals surface area (Å²) in [7, 11) is 0. The number of aromatic amines is 1. The molecular weight excluding hydrogens is 613 g/mol. The van der Waals surface area contributed by atoms with Gasteiger partial charge in [0.25, 0.3) is 0 Å². The molecule has 0 saturated carbocycles. The number of rotatable bonds is 13. The molecule has 11 heteroatoms. The van der Waals surface area contributed by atoms with Crippen molar-refractivity contribution in [2.45, 2.75) is 84.5 Å². The van der Waals surface area contributed by atoms with E-state index in [1.807, 2.05) is 75.4 Å². The van der Waals surface area contributed by atoms with E-state index in [4.69, 9.17) is 5.73 Å². The minimum absolute atomic E-state index is 0.0531. The van der Waals surface area contributed by atoms with E-state index in [0.29, 0.717) is 12.8 Å². The van der Waals surface area contributed by atoms with Crippen LogP contribution in [-0.2, 0) is 32.0 Å². The number of nitrogens with two attached hydrogens (primary N) is 1. The lowest BCUT2D eigenvalue weighted by Gasteiger charge is -2.30. The van der Waals surface area contributed by atoms with Crippen LogP contribution < -0.4 is 16.4 Å². The van der Waals surface area contributed by atoms with Crippen LogP contribution >= 0.6 is 0 Å². The van der Waals surface area contributed by atoms with Gasteiger partial charge in [-0.2, -0.15) is 0 Å². The van der Waals surface area contributed by atoms with Crippen LogP contribution in [0, 0.1) is 17.3 Å². The van der Waals surface area contributed by atoms with Crippen molar-refractivity contribution in [3.8, 4) is 0 Å². The molecule has 0 radical (unpaired) electrons. The standard InChI is InChI=1S/C37H48FN5O5/c1-22(2)31(42-34(45)32(39)37(3,4)5)27(38)19-24(18-23-12-7-6-8-13-23)35(46)43-17-11-16-30(43)33(44)41-29(36(47)48)20-25-21-40-28-15-10-9-14-26(25)28/h6-10,12-15,19,21-22,24,29-32,40H,11,16-18,20,39H2,1-5H3,(H,41,44)(H,42,45)(H,47,48)/b27-19-/t24-,29+,30+,31+,32-/m1/s1. The first-order valence-corrected chi connectivity index (χ1v) is 16.5. The fraction of sp³-hybridized carbons (Fsp3) is 0.459. The van der Waals surface area contributed by atoms with Gasteiger partial charge in [0.05, 0.1) is 18.0 Å². The van der Waals surface area contributed by atoms with E-state index < -0.39 is 65.0 Å². The highest BCUT2D eigenvalue weighted by atomic mass is 19.1. The number of nitrogens with one attached hydrogen (secondary N) is 3. The van der Waals surface area contributed by atoms with Crippen LogP contribution in [0.3, 0.4) is 0 Å². The molecule has 0 unspecified atom stereocenters. The fourth-order valence-electron chi connectivity index (χ4n) is 6.08. The Morgan fingerprint density at radius 3 is 2.35 bits per heavy atom. The van der Waals surface area contributed by atoms with Crippen LogP contribution in [0.1, 0.15) is 58.6 Å². The van der Waals surface area contributed by atoms with Gasteiger partial charge in [-0.05, 0) is 53.9 Å². The molecule has 1 fully saturated rings. The second-order valence-electron chi connectivity index (χ2n) is 14.1. The number of aromatic nitrogens is 1. The highest BCUT2D eigenvalue weighted by Crippen LogP contribution is 2.27. The smallest absolute Gasteiger partial charge is 0.326 e. The largest absolute Gasteiger partial charge is 0.480 e. The molecule has 2 heterocycles. The number of nitrogens with zero attached hydrogens (tertiary/aromatic N) is 1. The second kappa shape index (κ2) is 15.6. The molecule has 0 bridgehead atoms. The molecule has 3 aromatic rings. The number of para-hydroxylation sites is 1. The third-order valence-corrected chi connectivity index (χ3v) is 9.01. The fourth-order valence-corrected chi connectivity index (χ4v) is 6.08. The third-order valence-electron chi connectivity index (χ3n) is 9.01. The maximum atomic E-state index is 16.1. The number of carbonyl (C=O) groups excluding carboxylic acids is 3. The summed E-state index contributed by atoms with van der Waals surface area (Å²) < 4.78 is 16.1. The third kappa shape index (κ3) is 8.89. The number of carboxylic acid groups (broad SMARTS) is 1. The van der Waals surface area contributed by atoms with Crippen molar-refractivity contribution in [3.05, 3.63) is 83.8 Å². The summed E-state index contributed by atoms with van der Waals surface area (Å²) in [4.78, 5) is 57.6. The number of hydrogen-bond acceptors (Lipinski definition) is 5. The van der Waals surface area contributed by atoms with E-state index in [1.165, 1.54) is 11.0 Å². The van der Waals surface area contributed by atoms with Gasteiger partial charge >= 0.3 is 5.97 Å². The molecule has 0 spiro atoms. The molecule has 2 aromatic carbocycles. The second-order valence-corrected chi connectivity index (χ2v) is 14.1. The average Bonchev–Trinajstić information content (AvgIpc) is 3.70. The van der Waals surface area contributed by atoms with Gasteiger partial charge in [0.1, 0.15) is 17.9 Å². The lowest BCUT2D eigenvalue weighted by Crippen LogP contribution is -2.53. The summed E-state index contributed by atoms with van der Waals surface area (Å²) >= 11 is 0. The Balaban J connectivity index is 1.56. The summed E-state index contributed by atoms with van der Waals surface area (Å²) in [6.07, 6.45) is 4.07. The minimum Gasteiger partial charge on any atom is -0.480 e.